The minimum Gasteiger partial charge on any atom is -0.464 e. The number of ether oxygens (including phenoxy) is 1. The summed E-state index contributed by atoms with van der Waals surface area (Å²) in [5.74, 6) is -0.145. The molecular formula is C15H21NO2. The van der Waals surface area contributed by atoms with Gasteiger partial charge in [0.25, 0.3) is 0 Å². The van der Waals surface area contributed by atoms with Crippen molar-refractivity contribution in [2.75, 3.05) is 13.2 Å². The normalized spacial score (nSPS) is 18.2. The molecule has 3 nitrogen and oxygen atoms in total. The first-order chi connectivity index (χ1) is 8.72. The highest BCUT2D eigenvalue weighted by Gasteiger charge is 2.27. The van der Waals surface area contributed by atoms with Crippen LogP contribution in [0, 0.1) is 6.92 Å². The molecule has 1 aliphatic rings. The summed E-state index contributed by atoms with van der Waals surface area (Å²) in [6.45, 7) is 5.53. The van der Waals surface area contributed by atoms with Crippen molar-refractivity contribution in [3.8, 4) is 0 Å². The summed E-state index contributed by atoms with van der Waals surface area (Å²) in [6.07, 6.45) is 2.95. The summed E-state index contributed by atoms with van der Waals surface area (Å²) in [5, 5.41) is 3.25. The molecule has 1 aromatic carbocycles. The average molecular weight is 247 g/mol. The third-order valence-corrected chi connectivity index (χ3v) is 3.33. The van der Waals surface area contributed by atoms with E-state index >= 15 is 0 Å². The fourth-order valence-corrected chi connectivity index (χ4v) is 2.30. The Kier molecular flexibility index (Phi) is 4.37. The Labute approximate surface area is 109 Å². The van der Waals surface area contributed by atoms with Gasteiger partial charge in [-0.15, -0.1) is 0 Å². The lowest BCUT2D eigenvalue weighted by molar-refractivity contribution is -0.146. The molecule has 18 heavy (non-hydrogen) atoms. The van der Waals surface area contributed by atoms with E-state index in [0.29, 0.717) is 6.61 Å². The molecule has 1 aliphatic heterocycles. The van der Waals surface area contributed by atoms with Crippen LogP contribution in [0.25, 0.3) is 0 Å². The van der Waals surface area contributed by atoms with Gasteiger partial charge in [0.05, 0.1) is 6.61 Å². The molecule has 1 N–H and O–H groups in total. The van der Waals surface area contributed by atoms with E-state index in [9.17, 15) is 4.79 Å². The number of hydrogen-bond acceptors (Lipinski definition) is 3. The van der Waals surface area contributed by atoms with Crippen LogP contribution in [0.4, 0.5) is 0 Å². The molecule has 2 rings (SSSR count). The topological polar surface area (TPSA) is 38.3 Å². The Bertz CT molecular complexity index is 429. The van der Waals surface area contributed by atoms with Crippen LogP contribution in [0.1, 0.15) is 42.5 Å². The zero-order valence-corrected chi connectivity index (χ0v) is 11.2. The van der Waals surface area contributed by atoms with Gasteiger partial charge in [0.15, 0.2) is 0 Å². The fourth-order valence-electron chi connectivity index (χ4n) is 2.30. The molecule has 1 unspecified atom stereocenters. The van der Waals surface area contributed by atoms with Gasteiger partial charge < -0.3 is 10.1 Å². The van der Waals surface area contributed by atoms with Crippen molar-refractivity contribution in [3.63, 3.8) is 0 Å². The number of unbranched alkanes of at least 4 members (excludes halogenated alkanes) is 1. The van der Waals surface area contributed by atoms with E-state index < -0.39 is 0 Å². The van der Waals surface area contributed by atoms with Gasteiger partial charge in [0, 0.05) is 6.54 Å². The molecule has 0 bridgehead atoms. The Morgan fingerprint density at radius 2 is 2.33 bits per heavy atom. The van der Waals surface area contributed by atoms with E-state index in [2.05, 4.69) is 31.3 Å². The van der Waals surface area contributed by atoms with Crippen LogP contribution in [-0.4, -0.2) is 19.1 Å². The second-order valence-electron chi connectivity index (χ2n) is 4.86. The van der Waals surface area contributed by atoms with E-state index in [4.69, 9.17) is 4.74 Å². The lowest BCUT2D eigenvalue weighted by atomic mass is 9.93. The average Bonchev–Trinajstić information content (AvgIpc) is 2.37. The van der Waals surface area contributed by atoms with Gasteiger partial charge in [-0.2, -0.15) is 0 Å². The molecule has 1 heterocycles. The first kappa shape index (κ1) is 13.1. The Balaban J connectivity index is 2.09. The van der Waals surface area contributed by atoms with Gasteiger partial charge in [-0.25, -0.2) is 4.79 Å². The molecule has 0 fully saturated rings. The van der Waals surface area contributed by atoms with Crippen molar-refractivity contribution < 1.29 is 9.53 Å². The smallest absolute Gasteiger partial charge is 0.327 e. The van der Waals surface area contributed by atoms with Crippen molar-refractivity contribution in [1.29, 1.82) is 0 Å². The van der Waals surface area contributed by atoms with E-state index in [-0.39, 0.29) is 12.0 Å². The Hall–Kier alpha value is -1.35. The molecule has 0 amide bonds. The zero-order valence-electron chi connectivity index (χ0n) is 11.2. The predicted molar refractivity (Wildman–Crippen MR) is 71.5 cm³/mol. The third kappa shape index (κ3) is 2.91. The number of benzene rings is 1. The highest BCUT2D eigenvalue weighted by atomic mass is 16.5. The van der Waals surface area contributed by atoms with Gasteiger partial charge in [-0.3, -0.25) is 0 Å². The number of carbonyl (C=O) groups excluding carboxylic acids is 1. The van der Waals surface area contributed by atoms with Crippen molar-refractivity contribution >= 4 is 5.97 Å². The molecule has 0 aromatic heterocycles. The largest absolute Gasteiger partial charge is 0.464 e. The van der Waals surface area contributed by atoms with E-state index in [1.165, 1.54) is 11.1 Å². The van der Waals surface area contributed by atoms with Gasteiger partial charge >= 0.3 is 5.97 Å². The zero-order chi connectivity index (χ0) is 13.0. The SMILES string of the molecule is CCCCOC(=O)C1NCCc2cc(C)ccc21. The molecule has 0 aliphatic carbocycles. The maximum absolute atomic E-state index is 12.0. The quantitative estimate of drug-likeness (QED) is 0.656. The van der Waals surface area contributed by atoms with Gasteiger partial charge in [0.2, 0.25) is 0 Å². The maximum Gasteiger partial charge on any atom is 0.327 e. The third-order valence-electron chi connectivity index (χ3n) is 3.33. The summed E-state index contributed by atoms with van der Waals surface area (Å²) in [6, 6.07) is 5.98. The second-order valence-corrected chi connectivity index (χ2v) is 4.86. The van der Waals surface area contributed by atoms with Crippen LogP contribution >= 0.6 is 0 Å². The standard InChI is InChI=1S/C15H21NO2/c1-3-4-9-18-15(17)14-13-6-5-11(2)10-12(13)7-8-16-14/h5-6,10,14,16H,3-4,7-9H2,1-2H3. The molecule has 1 atom stereocenters. The Morgan fingerprint density at radius 1 is 1.50 bits per heavy atom. The molecule has 98 valence electrons. The summed E-state index contributed by atoms with van der Waals surface area (Å²) in [4.78, 5) is 12.0. The number of fused-ring (bicyclic) bond motifs is 1. The summed E-state index contributed by atoms with van der Waals surface area (Å²) in [5.41, 5.74) is 3.59. The van der Waals surface area contributed by atoms with E-state index in [1.807, 2.05) is 6.07 Å². The minimum atomic E-state index is -0.286. The van der Waals surface area contributed by atoms with Crippen LogP contribution in [-0.2, 0) is 16.0 Å². The number of aryl methyl sites for hydroxylation is 1. The molecule has 0 radical (unpaired) electrons. The van der Waals surface area contributed by atoms with Crippen LogP contribution < -0.4 is 5.32 Å². The first-order valence-electron chi connectivity index (χ1n) is 6.72. The number of nitrogens with one attached hydrogen (secondary N) is 1. The summed E-state index contributed by atoms with van der Waals surface area (Å²) >= 11 is 0. The fraction of sp³-hybridized carbons (Fsp3) is 0.533. The Morgan fingerprint density at radius 3 is 3.11 bits per heavy atom. The molecule has 0 saturated carbocycles. The highest BCUT2D eigenvalue weighted by Crippen LogP contribution is 2.24. The minimum absolute atomic E-state index is 0.145. The number of hydrogen-bond donors (Lipinski definition) is 1. The van der Waals surface area contributed by atoms with Crippen LogP contribution in [0.3, 0.4) is 0 Å². The van der Waals surface area contributed by atoms with E-state index in [1.54, 1.807) is 0 Å². The highest BCUT2D eigenvalue weighted by molar-refractivity contribution is 5.78. The van der Waals surface area contributed by atoms with Crippen LogP contribution in [0.15, 0.2) is 18.2 Å². The lowest BCUT2D eigenvalue weighted by Crippen LogP contribution is -2.36. The summed E-state index contributed by atoms with van der Waals surface area (Å²) in [7, 11) is 0. The molecule has 0 saturated heterocycles. The molecule has 3 heteroatoms. The lowest BCUT2D eigenvalue weighted by Gasteiger charge is -2.25. The number of rotatable bonds is 4. The van der Waals surface area contributed by atoms with Crippen LogP contribution in [0.5, 0.6) is 0 Å². The molecule has 0 spiro atoms. The van der Waals surface area contributed by atoms with Gasteiger partial charge in [-0.1, -0.05) is 37.1 Å². The predicted octanol–water partition coefficient (Wildman–Crippen LogP) is 2.53. The first-order valence-corrected chi connectivity index (χ1v) is 6.72. The van der Waals surface area contributed by atoms with Gasteiger partial charge in [-0.05, 0) is 30.9 Å². The van der Waals surface area contributed by atoms with Crippen molar-refractivity contribution in [2.24, 2.45) is 0 Å². The molecule has 1 aromatic rings. The van der Waals surface area contributed by atoms with Crippen molar-refractivity contribution in [3.05, 3.63) is 34.9 Å². The van der Waals surface area contributed by atoms with Crippen molar-refractivity contribution in [2.45, 2.75) is 39.2 Å². The van der Waals surface area contributed by atoms with E-state index in [0.717, 1.165) is 31.4 Å². The maximum atomic E-state index is 12.0. The van der Waals surface area contributed by atoms with Crippen molar-refractivity contribution in [1.82, 2.24) is 5.32 Å². The van der Waals surface area contributed by atoms with Crippen LogP contribution in [0.2, 0.25) is 0 Å². The monoisotopic (exact) mass is 247 g/mol. The number of esters is 1. The number of carbonyl (C=O) groups is 1. The molecular weight excluding hydrogens is 226 g/mol. The summed E-state index contributed by atoms with van der Waals surface area (Å²) < 4.78 is 5.31. The van der Waals surface area contributed by atoms with Gasteiger partial charge in [0.1, 0.15) is 6.04 Å². The second kappa shape index (κ2) is 6.01.